The van der Waals surface area contributed by atoms with Gasteiger partial charge in [0.2, 0.25) is 5.91 Å². The number of hydrogen-bond donors (Lipinski definition) is 0. The minimum absolute atomic E-state index is 0.0108. The minimum atomic E-state index is -0.382. The number of fused-ring (bicyclic) bond motifs is 1. The van der Waals surface area contributed by atoms with Gasteiger partial charge in [0, 0.05) is 82.4 Å². The minimum Gasteiger partial charge on any atom is -0.497 e. The van der Waals surface area contributed by atoms with E-state index in [2.05, 4.69) is 4.90 Å². The SMILES string of the molecule is COc1ccc(C(=O)N2CC3CN(CCCN(C(=O)OC4CCN(C(C)=O)CC4)c4ccc(C)c(Cl)c4)CC3C2)c(OC)c1. The van der Waals surface area contributed by atoms with Gasteiger partial charge in [0.05, 0.1) is 19.8 Å². The first-order valence-corrected chi connectivity index (χ1v) is 15.8. The van der Waals surface area contributed by atoms with E-state index in [0.29, 0.717) is 72.1 Å². The quantitative estimate of drug-likeness (QED) is 0.398. The molecule has 10 nitrogen and oxygen atoms in total. The van der Waals surface area contributed by atoms with Crippen molar-refractivity contribution in [3.05, 3.63) is 52.5 Å². The number of aryl methyl sites for hydroxylation is 1. The van der Waals surface area contributed by atoms with E-state index < -0.39 is 0 Å². The van der Waals surface area contributed by atoms with Crippen LogP contribution in [0.3, 0.4) is 0 Å². The van der Waals surface area contributed by atoms with E-state index in [9.17, 15) is 14.4 Å². The van der Waals surface area contributed by atoms with Crippen LogP contribution in [0.1, 0.15) is 42.1 Å². The van der Waals surface area contributed by atoms with Crippen molar-refractivity contribution in [2.75, 3.05) is 71.5 Å². The number of methoxy groups -OCH3 is 2. The van der Waals surface area contributed by atoms with Crippen LogP contribution in [0, 0.1) is 18.8 Å². The van der Waals surface area contributed by atoms with Gasteiger partial charge >= 0.3 is 6.09 Å². The van der Waals surface area contributed by atoms with E-state index in [1.165, 1.54) is 0 Å². The molecule has 0 bridgehead atoms. The number of hydrogen-bond acceptors (Lipinski definition) is 7. The topological polar surface area (TPSA) is 91.9 Å². The Bertz CT molecular complexity index is 1350. The van der Waals surface area contributed by atoms with Gasteiger partial charge < -0.3 is 28.9 Å². The van der Waals surface area contributed by atoms with Crippen molar-refractivity contribution in [2.24, 2.45) is 11.8 Å². The van der Waals surface area contributed by atoms with Crippen molar-refractivity contribution in [3.63, 3.8) is 0 Å². The van der Waals surface area contributed by atoms with Crippen LogP contribution in [0.25, 0.3) is 0 Å². The third-order valence-electron chi connectivity index (χ3n) is 9.19. The van der Waals surface area contributed by atoms with Crippen LogP contribution in [0.5, 0.6) is 11.5 Å². The highest BCUT2D eigenvalue weighted by Crippen LogP contribution is 2.34. The predicted molar refractivity (Wildman–Crippen MR) is 169 cm³/mol. The average Bonchev–Trinajstić information content (AvgIpc) is 3.59. The summed E-state index contributed by atoms with van der Waals surface area (Å²) in [5.41, 5.74) is 2.22. The van der Waals surface area contributed by atoms with Crippen LogP contribution in [0.4, 0.5) is 10.5 Å². The Hall–Kier alpha value is -3.50. The lowest BCUT2D eigenvalue weighted by Gasteiger charge is -2.32. The van der Waals surface area contributed by atoms with E-state index in [4.69, 9.17) is 25.8 Å². The van der Waals surface area contributed by atoms with E-state index in [-0.39, 0.29) is 24.0 Å². The highest BCUT2D eigenvalue weighted by Gasteiger charge is 2.42. The molecular weight excluding hydrogens is 584 g/mol. The van der Waals surface area contributed by atoms with Gasteiger partial charge in [-0.25, -0.2) is 4.79 Å². The molecule has 0 radical (unpaired) electrons. The van der Waals surface area contributed by atoms with Crippen LogP contribution in [-0.2, 0) is 9.53 Å². The smallest absolute Gasteiger partial charge is 0.414 e. The Labute approximate surface area is 264 Å². The Morgan fingerprint density at radius 3 is 2.25 bits per heavy atom. The molecule has 44 heavy (non-hydrogen) atoms. The molecule has 5 rings (SSSR count). The number of amides is 3. The molecule has 0 aromatic heterocycles. The fourth-order valence-corrected chi connectivity index (χ4v) is 6.78. The summed E-state index contributed by atoms with van der Waals surface area (Å²) in [5.74, 6) is 2.05. The molecule has 3 aliphatic heterocycles. The van der Waals surface area contributed by atoms with E-state index in [1.54, 1.807) is 49.1 Å². The van der Waals surface area contributed by atoms with E-state index in [1.807, 2.05) is 30.0 Å². The number of ether oxygens (including phenoxy) is 3. The second kappa shape index (κ2) is 14.1. The van der Waals surface area contributed by atoms with Gasteiger partial charge in [0.15, 0.2) is 0 Å². The van der Waals surface area contributed by atoms with Crippen LogP contribution in [-0.4, -0.2) is 105 Å². The van der Waals surface area contributed by atoms with E-state index in [0.717, 1.165) is 44.7 Å². The molecule has 238 valence electrons. The number of benzene rings is 2. The maximum atomic E-state index is 13.4. The zero-order chi connectivity index (χ0) is 31.4. The first-order chi connectivity index (χ1) is 21.2. The van der Waals surface area contributed by atoms with Crippen molar-refractivity contribution in [3.8, 4) is 11.5 Å². The third-order valence-corrected chi connectivity index (χ3v) is 9.59. The first kappa shape index (κ1) is 31.9. The normalized spacial score (nSPS) is 20.4. The van der Waals surface area contributed by atoms with Gasteiger partial charge in [-0.2, -0.15) is 0 Å². The van der Waals surface area contributed by atoms with Crippen molar-refractivity contribution in [1.82, 2.24) is 14.7 Å². The Kier molecular flexibility index (Phi) is 10.2. The van der Waals surface area contributed by atoms with Crippen molar-refractivity contribution in [1.29, 1.82) is 0 Å². The predicted octanol–water partition coefficient (Wildman–Crippen LogP) is 4.71. The summed E-state index contributed by atoms with van der Waals surface area (Å²) in [6.07, 6.45) is 1.44. The summed E-state index contributed by atoms with van der Waals surface area (Å²) in [6, 6.07) is 10.9. The lowest BCUT2D eigenvalue weighted by atomic mass is 10.0. The lowest BCUT2D eigenvalue weighted by molar-refractivity contribution is -0.130. The van der Waals surface area contributed by atoms with Gasteiger partial charge in [0.1, 0.15) is 17.6 Å². The number of piperidine rings is 1. The second-order valence-corrected chi connectivity index (χ2v) is 12.5. The molecule has 3 heterocycles. The molecule has 0 aliphatic carbocycles. The molecular formula is C33H43ClN4O6. The fraction of sp³-hybridized carbons (Fsp3) is 0.545. The van der Waals surface area contributed by atoms with Crippen LogP contribution in [0.2, 0.25) is 5.02 Å². The molecule has 2 atom stereocenters. The number of likely N-dealkylation sites (tertiary alicyclic amines) is 3. The zero-order valence-electron chi connectivity index (χ0n) is 26.1. The summed E-state index contributed by atoms with van der Waals surface area (Å²) in [5, 5.41) is 0.605. The molecule has 2 unspecified atom stereocenters. The molecule has 2 aromatic rings. The molecule has 3 saturated heterocycles. The summed E-state index contributed by atoms with van der Waals surface area (Å²) in [7, 11) is 3.16. The Balaban J connectivity index is 1.14. The van der Waals surface area contributed by atoms with E-state index >= 15 is 0 Å². The van der Waals surface area contributed by atoms with Gasteiger partial charge in [0.25, 0.3) is 5.91 Å². The average molecular weight is 627 g/mol. The molecule has 3 fully saturated rings. The van der Waals surface area contributed by atoms with Crippen molar-refractivity contribution < 1.29 is 28.6 Å². The van der Waals surface area contributed by atoms with Crippen molar-refractivity contribution in [2.45, 2.75) is 39.2 Å². The Morgan fingerprint density at radius 2 is 1.64 bits per heavy atom. The maximum Gasteiger partial charge on any atom is 0.414 e. The third kappa shape index (κ3) is 7.24. The number of carbonyl (C=O) groups excluding carboxylic acids is 3. The summed E-state index contributed by atoms with van der Waals surface area (Å²) < 4.78 is 16.7. The van der Waals surface area contributed by atoms with Crippen LogP contribution < -0.4 is 14.4 Å². The molecule has 3 amide bonds. The Morgan fingerprint density at radius 1 is 0.932 bits per heavy atom. The highest BCUT2D eigenvalue weighted by molar-refractivity contribution is 6.31. The number of halogens is 1. The monoisotopic (exact) mass is 626 g/mol. The molecule has 3 aliphatic rings. The maximum absolute atomic E-state index is 13.4. The van der Waals surface area contributed by atoms with Gasteiger partial charge in [-0.3, -0.25) is 14.5 Å². The van der Waals surface area contributed by atoms with Crippen LogP contribution >= 0.6 is 11.6 Å². The van der Waals surface area contributed by atoms with Crippen LogP contribution in [0.15, 0.2) is 36.4 Å². The van der Waals surface area contributed by atoms with Gasteiger partial charge in [-0.05, 0) is 61.6 Å². The second-order valence-electron chi connectivity index (χ2n) is 12.1. The molecule has 0 N–H and O–H groups in total. The standard InChI is InChI=1S/C33H43ClN4O6/c1-22-6-7-26(16-30(22)34)38(33(41)44-27-10-14-36(15-11-27)23(2)39)13-5-12-35-18-24-20-37(21-25(24)19-35)32(40)29-9-8-28(42-3)17-31(29)43-4/h6-9,16-17,24-25,27H,5,10-15,18-21H2,1-4H3. The van der Waals surface area contributed by atoms with Crippen molar-refractivity contribution >= 4 is 35.2 Å². The molecule has 2 aromatic carbocycles. The lowest BCUT2D eigenvalue weighted by Crippen LogP contribution is -2.43. The summed E-state index contributed by atoms with van der Waals surface area (Å²) >= 11 is 6.43. The molecule has 0 saturated carbocycles. The summed E-state index contributed by atoms with van der Waals surface area (Å²) in [4.78, 5) is 46.3. The fourth-order valence-electron chi connectivity index (χ4n) is 6.61. The van der Waals surface area contributed by atoms with Gasteiger partial charge in [-0.15, -0.1) is 0 Å². The number of rotatable bonds is 9. The van der Waals surface area contributed by atoms with Gasteiger partial charge in [-0.1, -0.05) is 17.7 Å². The highest BCUT2D eigenvalue weighted by atomic mass is 35.5. The number of anilines is 1. The first-order valence-electron chi connectivity index (χ1n) is 15.4. The summed E-state index contributed by atoms with van der Waals surface area (Å²) in [6.45, 7) is 9.31. The zero-order valence-corrected chi connectivity index (χ0v) is 26.8. The molecule has 11 heteroatoms. The largest absolute Gasteiger partial charge is 0.497 e. The number of nitrogens with zero attached hydrogens (tertiary/aromatic N) is 4. The molecule has 0 spiro atoms. The number of carbonyl (C=O) groups is 3.